The molecule has 5 heteroatoms. The van der Waals surface area contributed by atoms with Gasteiger partial charge in [0.25, 0.3) is 0 Å². The summed E-state index contributed by atoms with van der Waals surface area (Å²) < 4.78 is 0. The van der Waals surface area contributed by atoms with E-state index in [2.05, 4.69) is 0 Å². The van der Waals surface area contributed by atoms with Gasteiger partial charge in [-0.25, -0.2) is 0 Å². The summed E-state index contributed by atoms with van der Waals surface area (Å²) in [5.41, 5.74) is 0. The standard InChI is InChI=1S/Ce.Cu.Ni.H3Si.Y/h;;;1H3;. The maximum atomic E-state index is 0. The second-order valence-electron chi connectivity index (χ2n) is 0. The average molecular weight is 382 g/mol. The molecule has 3 radical (unpaired) electrons. The normalized spacial score (nSPS) is 0. The predicted molar refractivity (Wildman–Crippen MR) is 9.94 cm³/mol. The molecule has 0 bridgehead atoms. The van der Waals surface area contributed by atoms with Crippen LogP contribution in [0.4, 0.5) is 0 Å². The molecule has 0 heterocycles. The van der Waals surface area contributed by atoms with Gasteiger partial charge in [-0.1, -0.05) is 0 Å². The molecular formula is H3CeCuNiSiY. The maximum Gasteiger partial charge on any atom is 0 e. The summed E-state index contributed by atoms with van der Waals surface area (Å²) in [6.45, 7) is 0. The van der Waals surface area contributed by atoms with Crippen LogP contribution in [0.1, 0.15) is 0 Å². The van der Waals surface area contributed by atoms with Crippen LogP contribution in [0.2, 0.25) is 0 Å². The van der Waals surface area contributed by atoms with Crippen LogP contribution in [0.5, 0.6) is 0 Å². The molecule has 0 aliphatic rings. The van der Waals surface area contributed by atoms with E-state index in [4.69, 9.17) is 0 Å². The Hall–Kier alpha value is 3.71. The first-order valence-corrected chi connectivity index (χ1v) is 0. The van der Waals surface area contributed by atoms with E-state index >= 15 is 0 Å². The van der Waals surface area contributed by atoms with Gasteiger partial charge in [0.15, 0.2) is 0 Å². The van der Waals surface area contributed by atoms with Gasteiger partial charge in [-0.05, 0) is 11.0 Å². The topological polar surface area (TPSA) is 0 Å². The van der Waals surface area contributed by atoms with Gasteiger partial charge >= 0.3 is 0 Å². The molecule has 0 aromatic carbocycles. The monoisotopic (exact) mass is 381 g/mol. The number of hydrogen-bond donors (Lipinski definition) is 0. The van der Waals surface area contributed by atoms with Gasteiger partial charge in [-0.3, -0.25) is 0 Å². The molecule has 0 spiro atoms. The third-order valence-corrected chi connectivity index (χ3v) is 0. The van der Waals surface area contributed by atoms with Crippen LogP contribution in [0, 0.1) is 41.7 Å². The van der Waals surface area contributed by atoms with Crippen molar-refractivity contribution in [2.24, 2.45) is 0 Å². The molecule has 0 saturated heterocycles. The van der Waals surface area contributed by atoms with Crippen molar-refractivity contribution in [3.8, 4) is 0 Å². The zero-order valence-electron chi connectivity index (χ0n) is 2.70. The molecule has 35 valence electrons. The fourth-order valence-corrected chi connectivity index (χ4v) is 0. The molecule has 0 fully saturated rings. The van der Waals surface area contributed by atoms with Crippen LogP contribution < -0.4 is 0 Å². The quantitative estimate of drug-likeness (QED) is 0.463. The van der Waals surface area contributed by atoms with Crippen molar-refractivity contribution in [2.75, 3.05) is 0 Å². The van der Waals surface area contributed by atoms with E-state index in [0.717, 1.165) is 0 Å². The van der Waals surface area contributed by atoms with Gasteiger partial charge < -0.3 is 0 Å². The Morgan fingerprint density at radius 2 is 1.00 bits per heavy atom. The van der Waals surface area contributed by atoms with E-state index in [1.165, 1.54) is 0 Å². The molecule has 0 aliphatic carbocycles. The van der Waals surface area contributed by atoms with E-state index in [0.29, 0.717) is 0 Å². The molecule has 5 heavy (non-hydrogen) atoms. The number of hydrogen-bond acceptors (Lipinski definition) is 0. The van der Waals surface area contributed by atoms with Crippen LogP contribution in [0.3, 0.4) is 0 Å². The second kappa shape index (κ2) is 25.2. The van der Waals surface area contributed by atoms with E-state index in [-0.39, 0.29) is 119 Å². The minimum absolute atomic E-state index is 0. The fourth-order valence-electron chi connectivity index (χ4n) is 0. The van der Waals surface area contributed by atoms with Crippen molar-refractivity contribution in [1.82, 2.24) is 0 Å². The molecule has 0 N–H and O–H groups in total. The molecule has 0 aromatic heterocycles. The molecule has 0 unspecified atom stereocenters. The molecule has 0 aliphatic heterocycles. The van der Waals surface area contributed by atoms with Crippen LogP contribution in [-0.4, -0.2) is 11.0 Å². The van der Waals surface area contributed by atoms with Crippen LogP contribution in [0.15, 0.2) is 0 Å². The van der Waals surface area contributed by atoms with E-state index in [9.17, 15) is 0 Å². The smallest absolute Gasteiger partial charge is 0 e. The summed E-state index contributed by atoms with van der Waals surface area (Å²) in [5.74, 6) is 0. The summed E-state index contributed by atoms with van der Waals surface area (Å²) in [6, 6.07) is 0. The Morgan fingerprint density at radius 3 is 1.00 bits per heavy atom. The van der Waals surface area contributed by atoms with Gasteiger partial charge in [-0.2, -0.15) is 0 Å². The first-order chi connectivity index (χ1) is 0. The average Bonchev–Trinajstić information content (AvgIpc) is 0. The zero-order valence-corrected chi connectivity index (χ0v) is 12.6. The number of rotatable bonds is 0. The van der Waals surface area contributed by atoms with Gasteiger partial charge in [-0.15, -0.1) is 0 Å². The molecule has 0 rings (SSSR count). The van der Waals surface area contributed by atoms with Crippen molar-refractivity contribution in [3.05, 3.63) is 0 Å². The Labute approximate surface area is 116 Å². The Morgan fingerprint density at radius 1 is 1.00 bits per heavy atom. The molecule has 0 atom stereocenters. The van der Waals surface area contributed by atoms with Crippen LogP contribution in [0.25, 0.3) is 0 Å². The summed E-state index contributed by atoms with van der Waals surface area (Å²) >= 11 is 0. The summed E-state index contributed by atoms with van der Waals surface area (Å²) in [5, 5.41) is 0. The van der Waals surface area contributed by atoms with Gasteiger partial charge in [0, 0.05) is 108 Å². The zero-order chi connectivity index (χ0) is 0. The summed E-state index contributed by atoms with van der Waals surface area (Å²) in [4.78, 5) is 0. The fraction of sp³-hybridized carbons (Fsp3) is 0. The largest absolute Gasteiger partial charge is 0.0125 e. The molecule has 0 nitrogen and oxygen atoms in total. The minimum atomic E-state index is 0. The Kier molecular flexibility index (Phi) is 190. The second-order valence-corrected chi connectivity index (χ2v) is 0. The van der Waals surface area contributed by atoms with Crippen LogP contribution >= 0.6 is 0 Å². The van der Waals surface area contributed by atoms with Crippen molar-refractivity contribution in [3.63, 3.8) is 0 Å². The molecule has 0 saturated carbocycles. The van der Waals surface area contributed by atoms with Crippen molar-refractivity contribution in [2.45, 2.75) is 0 Å². The Balaban J connectivity index is 0. The van der Waals surface area contributed by atoms with Crippen LogP contribution in [-0.2, 0) is 66.3 Å². The van der Waals surface area contributed by atoms with E-state index < -0.39 is 0 Å². The minimum Gasteiger partial charge on any atom is -0.0125 e. The molecular weight excluding hydrogens is 379 g/mol. The third kappa shape index (κ3) is 18.3. The molecule has 0 amide bonds. The maximum absolute atomic E-state index is 0. The molecule has 0 aromatic rings. The van der Waals surface area contributed by atoms with Gasteiger partial charge in [0.05, 0.1) is 0 Å². The van der Waals surface area contributed by atoms with Crippen molar-refractivity contribution < 1.29 is 108 Å². The Bertz CT molecular complexity index is 11.6. The van der Waals surface area contributed by atoms with Gasteiger partial charge in [0.1, 0.15) is 0 Å². The van der Waals surface area contributed by atoms with Gasteiger partial charge in [0.2, 0.25) is 0 Å². The predicted octanol–water partition coefficient (Wildman–Crippen LogP) is -1.19. The van der Waals surface area contributed by atoms with E-state index in [1.54, 1.807) is 0 Å². The first kappa shape index (κ1) is 37.6. The summed E-state index contributed by atoms with van der Waals surface area (Å²) in [7, 11) is 0. The van der Waals surface area contributed by atoms with Crippen molar-refractivity contribution >= 4 is 11.0 Å². The third-order valence-electron chi connectivity index (χ3n) is 0. The van der Waals surface area contributed by atoms with Crippen molar-refractivity contribution in [1.29, 1.82) is 0 Å². The summed E-state index contributed by atoms with van der Waals surface area (Å²) in [6.07, 6.45) is 0. The SMILES string of the molecule is [Ce].[Cu].[Ni].[SiH3].[Y]. The van der Waals surface area contributed by atoms with E-state index in [1.807, 2.05) is 0 Å². The first-order valence-electron chi connectivity index (χ1n) is 0.